The highest BCUT2D eigenvalue weighted by molar-refractivity contribution is 8.00. The van der Waals surface area contributed by atoms with Crippen LogP contribution in [0.4, 0.5) is 11.4 Å². The van der Waals surface area contributed by atoms with Gasteiger partial charge in [-0.15, -0.1) is 11.8 Å². The molecule has 5 rings (SSSR count). The van der Waals surface area contributed by atoms with Crippen molar-refractivity contribution in [3.63, 3.8) is 0 Å². The summed E-state index contributed by atoms with van der Waals surface area (Å²) in [6.45, 7) is 3.95. The molecule has 5 aromatic rings. The zero-order valence-corrected chi connectivity index (χ0v) is 29.8. The normalized spacial score (nSPS) is 11.6. The highest BCUT2D eigenvalue weighted by Gasteiger charge is 2.23. The molecule has 0 aliphatic carbocycles. The van der Waals surface area contributed by atoms with E-state index in [1.807, 2.05) is 74.5 Å². The van der Waals surface area contributed by atoms with Gasteiger partial charge in [-0.3, -0.25) is 14.4 Å². The number of hydrogen-bond donors (Lipinski definition) is 3. The van der Waals surface area contributed by atoms with E-state index in [-0.39, 0.29) is 11.6 Å². The van der Waals surface area contributed by atoms with E-state index in [9.17, 15) is 14.4 Å². The van der Waals surface area contributed by atoms with Gasteiger partial charge in [0, 0.05) is 33.5 Å². The largest absolute Gasteiger partial charge is 0.496 e. The first-order valence-electron chi connectivity index (χ1n) is 16.1. The molecule has 1 atom stereocenters. The summed E-state index contributed by atoms with van der Waals surface area (Å²) in [4.78, 5) is 41.5. The summed E-state index contributed by atoms with van der Waals surface area (Å²) in [7, 11) is 4.51. The molecule has 0 bridgehead atoms. The molecule has 0 aliphatic heterocycles. The molecule has 3 amide bonds. The van der Waals surface area contributed by atoms with Crippen LogP contribution in [0.15, 0.2) is 126 Å². The van der Waals surface area contributed by atoms with Crippen LogP contribution in [0.5, 0.6) is 17.2 Å². The zero-order valence-electron chi connectivity index (χ0n) is 29.0. The van der Waals surface area contributed by atoms with Crippen molar-refractivity contribution in [2.24, 2.45) is 0 Å². The third kappa shape index (κ3) is 9.37. The number of nitrogens with one attached hydrogen (secondary N) is 3. The Morgan fingerprint density at radius 3 is 1.96 bits per heavy atom. The number of hydrogen-bond acceptors (Lipinski definition) is 7. The maximum absolute atomic E-state index is 13.8. The van der Waals surface area contributed by atoms with Gasteiger partial charge in [-0.2, -0.15) is 0 Å². The molecule has 10 heteroatoms. The summed E-state index contributed by atoms with van der Waals surface area (Å²) < 4.78 is 16.4. The fourth-order valence-electron chi connectivity index (χ4n) is 5.18. The lowest BCUT2D eigenvalue weighted by atomic mass is 10.1. The Kier molecular flexibility index (Phi) is 12.2. The molecule has 0 aromatic heterocycles. The number of carbonyl (C=O) groups excluding carboxylic acids is 3. The highest BCUT2D eigenvalue weighted by Crippen LogP contribution is 2.38. The molecule has 51 heavy (non-hydrogen) atoms. The second-order valence-corrected chi connectivity index (χ2v) is 12.7. The molecule has 0 aliphatic rings. The van der Waals surface area contributed by atoms with E-state index < -0.39 is 17.1 Å². The standard InChI is InChI=1S/C41H39N3O6S/c1-26-16-17-27(2)33(22-26)43-41(47)38(28-12-8-6-9-13-28)51-32-20-18-31(19-21-32)42-40(46)34(44-39(45)29-14-10-7-11-15-29)23-30-24-36(49-4)37(50-5)25-35(30)48-3/h6-25,38H,1-5H3,(H,42,46)(H,43,47)(H,44,45)/b34-23-. The lowest BCUT2D eigenvalue weighted by molar-refractivity contribution is -0.116. The minimum absolute atomic E-state index is 0.0277. The number of benzene rings is 5. The third-order valence-corrected chi connectivity index (χ3v) is 9.19. The number of methoxy groups -OCH3 is 3. The van der Waals surface area contributed by atoms with Gasteiger partial charge < -0.3 is 30.2 Å². The van der Waals surface area contributed by atoms with Crippen LogP contribution in [0.3, 0.4) is 0 Å². The van der Waals surface area contributed by atoms with E-state index in [1.54, 1.807) is 54.6 Å². The van der Waals surface area contributed by atoms with Crippen LogP contribution < -0.4 is 30.2 Å². The van der Waals surface area contributed by atoms with Crippen LogP contribution >= 0.6 is 11.8 Å². The molecule has 0 saturated heterocycles. The van der Waals surface area contributed by atoms with E-state index >= 15 is 0 Å². The van der Waals surface area contributed by atoms with Crippen molar-refractivity contribution >= 4 is 46.9 Å². The van der Waals surface area contributed by atoms with Crippen LogP contribution in [-0.2, 0) is 9.59 Å². The third-order valence-electron chi connectivity index (χ3n) is 7.92. The predicted molar refractivity (Wildman–Crippen MR) is 203 cm³/mol. The van der Waals surface area contributed by atoms with Gasteiger partial charge in [0.25, 0.3) is 11.8 Å². The van der Waals surface area contributed by atoms with Crippen molar-refractivity contribution in [1.82, 2.24) is 5.32 Å². The Labute approximate surface area is 302 Å². The molecule has 0 saturated carbocycles. The molecule has 3 N–H and O–H groups in total. The van der Waals surface area contributed by atoms with E-state index in [0.29, 0.717) is 34.1 Å². The number of ether oxygens (including phenoxy) is 3. The van der Waals surface area contributed by atoms with Gasteiger partial charge in [-0.05, 0) is 85.1 Å². The second kappa shape index (κ2) is 17.1. The van der Waals surface area contributed by atoms with Crippen LogP contribution in [0, 0.1) is 13.8 Å². The minimum atomic E-state index is -0.563. The number of carbonyl (C=O) groups is 3. The van der Waals surface area contributed by atoms with Crippen LogP contribution in [-0.4, -0.2) is 39.1 Å². The average molecular weight is 702 g/mol. The van der Waals surface area contributed by atoms with Gasteiger partial charge in [-0.1, -0.05) is 60.7 Å². The maximum atomic E-state index is 13.8. The van der Waals surface area contributed by atoms with Crippen LogP contribution in [0.1, 0.15) is 37.9 Å². The van der Waals surface area contributed by atoms with E-state index in [0.717, 1.165) is 27.3 Å². The summed E-state index contributed by atoms with van der Waals surface area (Å²) in [6, 6.07) is 34.6. The number of amides is 3. The monoisotopic (exact) mass is 701 g/mol. The predicted octanol–water partition coefficient (Wildman–Crippen LogP) is 8.21. The lowest BCUT2D eigenvalue weighted by Crippen LogP contribution is -2.30. The molecular weight excluding hydrogens is 663 g/mol. The maximum Gasteiger partial charge on any atom is 0.272 e. The minimum Gasteiger partial charge on any atom is -0.496 e. The zero-order chi connectivity index (χ0) is 36.3. The van der Waals surface area contributed by atoms with Crippen molar-refractivity contribution in [3.8, 4) is 17.2 Å². The highest BCUT2D eigenvalue weighted by atomic mass is 32.2. The average Bonchev–Trinajstić information content (AvgIpc) is 3.15. The van der Waals surface area contributed by atoms with E-state index in [4.69, 9.17) is 14.2 Å². The second-order valence-electron chi connectivity index (χ2n) is 11.5. The van der Waals surface area contributed by atoms with Crippen molar-refractivity contribution in [1.29, 1.82) is 0 Å². The molecule has 260 valence electrons. The molecule has 0 radical (unpaired) electrons. The van der Waals surface area contributed by atoms with Crippen molar-refractivity contribution in [2.75, 3.05) is 32.0 Å². The van der Waals surface area contributed by atoms with Gasteiger partial charge >= 0.3 is 0 Å². The van der Waals surface area contributed by atoms with Crippen molar-refractivity contribution in [3.05, 3.63) is 149 Å². The van der Waals surface area contributed by atoms with Gasteiger partial charge in [-0.25, -0.2) is 0 Å². The smallest absolute Gasteiger partial charge is 0.272 e. The Bertz CT molecular complexity index is 2030. The number of rotatable bonds is 13. The van der Waals surface area contributed by atoms with Gasteiger partial charge in [0.2, 0.25) is 5.91 Å². The molecule has 9 nitrogen and oxygen atoms in total. The Hall–Kier alpha value is -6.00. The SMILES string of the molecule is COc1cc(OC)c(OC)cc1/C=C(\NC(=O)c1ccccc1)C(=O)Nc1ccc(SC(C(=O)Nc2cc(C)ccc2C)c2ccccc2)cc1. The molecule has 0 spiro atoms. The fourth-order valence-corrected chi connectivity index (χ4v) is 6.21. The number of anilines is 2. The van der Waals surface area contributed by atoms with Crippen LogP contribution in [0.2, 0.25) is 0 Å². The van der Waals surface area contributed by atoms with E-state index in [1.165, 1.54) is 39.2 Å². The summed E-state index contributed by atoms with van der Waals surface area (Å²) in [5.41, 5.74) is 4.98. The number of thioether (sulfide) groups is 1. The topological polar surface area (TPSA) is 115 Å². The van der Waals surface area contributed by atoms with Gasteiger partial charge in [0.05, 0.1) is 21.3 Å². The lowest BCUT2D eigenvalue weighted by Gasteiger charge is -2.18. The summed E-state index contributed by atoms with van der Waals surface area (Å²) in [5, 5.41) is 8.20. The fraction of sp³-hybridized carbons (Fsp3) is 0.146. The molecule has 1 unspecified atom stereocenters. The quantitative estimate of drug-likeness (QED) is 0.0838. The molecule has 5 aromatic carbocycles. The van der Waals surface area contributed by atoms with E-state index in [2.05, 4.69) is 16.0 Å². The Balaban J connectivity index is 1.39. The summed E-state index contributed by atoms with van der Waals surface area (Å²) in [6.07, 6.45) is 1.51. The first-order chi connectivity index (χ1) is 24.7. The summed E-state index contributed by atoms with van der Waals surface area (Å²) >= 11 is 1.40. The first kappa shape index (κ1) is 36.3. The first-order valence-corrected chi connectivity index (χ1v) is 17.0. The Morgan fingerprint density at radius 1 is 0.686 bits per heavy atom. The van der Waals surface area contributed by atoms with Crippen molar-refractivity contribution < 1.29 is 28.6 Å². The molecule has 0 fully saturated rings. The molecular formula is C41H39N3O6S. The molecule has 0 heterocycles. The Morgan fingerprint density at radius 2 is 1.31 bits per heavy atom. The number of aryl methyl sites for hydroxylation is 2. The van der Waals surface area contributed by atoms with Gasteiger partial charge in [0.1, 0.15) is 16.7 Å². The van der Waals surface area contributed by atoms with Crippen molar-refractivity contribution in [2.45, 2.75) is 24.0 Å². The summed E-state index contributed by atoms with van der Waals surface area (Å²) in [5.74, 6) is 0.0971. The van der Waals surface area contributed by atoms with Crippen LogP contribution in [0.25, 0.3) is 6.08 Å². The van der Waals surface area contributed by atoms with Gasteiger partial charge in [0.15, 0.2) is 11.5 Å².